The molecule has 0 saturated carbocycles. The van der Waals surface area contributed by atoms with Crippen molar-refractivity contribution in [2.75, 3.05) is 36.5 Å². The number of amides is 1. The Balaban J connectivity index is 2.18. The molecule has 2 rings (SSSR count). The second kappa shape index (κ2) is 6.88. The van der Waals surface area contributed by atoms with Crippen molar-refractivity contribution >= 4 is 46.2 Å². The summed E-state index contributed by atoms with van der Waals surface area (Å²) in [7, 11) is 0. The molecule has 1 heterocycles. The Bertz CT molecular complexity index is 518. The van der Waals surface area contributed by atoms with E-state index in [1.165, 1.54) is 6.92 Å². The first-order chi connectivity index (χ1) is 9.56. The molecular formula is C13H16ClN3O2S. The van der Waals surface area contributed by atoms with E-state index >= 15 is 0 Å². The van der Waals surface area contributed by atoms with Gasteiger partial charge in [0.05, 0.1) is 24.6 Å². The summed E-state index contributed by atoms with van der Waals surface area (Å²) >= 11 is 11.1. The van der Waals surface area contributed by atoms with Gasteiger partial charge in [0.1, 0.15) is 0 Å². The molecule has 1 aliphatic rings. The highest BCUT2D eigenvalue weighted by atomic mass is 35.5. The second-order valence-corrected chi connectivity index (χ2v) is 5.24. The molecule has 0 atom stereocenters. The Morgan fingerprint density at radius 3 is 2.75 bits per heavy atom. The van der Waals surface area contributed by atoms with E-state index in [9.17, 15) is 4.79 Å². The number of halogens is 1. The number of carbonyl (C=O) groups excluding carboxylic acids is 1. The average Bonchev–Trinajstić information content (AvgIpc) is 2.39. The van der Waals surface area contributed by atoms with Crippen molar-refractivity contribution in [1.82, 2.24) is 5.32 Å². The van der Waals surface area contributed by atoms with E-state index in [0.717, 1.165) is 24.5 Å². The van der Waals surface area contributed by atoms with Crippen molar-refractivity contribution in [3.63, 3.8) is 0 Å². The summed E-state index contributed by atoms with van der Waals surface area (Å²) in [6.07, 6.45) is 0. The smallest absolute Gasteiger partial charge is 0.222 e. The van der Waals surface area contributed by atoms with Crippen LogP contribution < -0.4 is 15.5 Å². The molecule has 0 unspecified atom stereocenters. The zero-order valence-corrected chi connectivity index (χ0v) is 12.7. The number of thiocarbonyl (C=S) groups is 1. The number of hydrogen-bond acceptors (Lipinski definition) is 4. The fourth-order valence-corrected chi connectivity index (χ4v) is 2.43. The van der Waals surface area contributed by atoms with E-state index < -0.39 is 0 Å². The van der Waals surface area contributed by atoms with Crippen molar-refractivity contribution in [3.8, 4) is 0 Å². The van der Waals surface area contributed by atoms with Gasteiger partial charge in [-0.25, -0.2) is 0 Å². The van der Waals surface area contributed by atoms with E-state index in [4.69, 9.17) is 28.6 Å². The minimum Gasteiger partial charge on any atom is -0.378 e. The van der Waals surface area contributed by atoms with Crippen molar-refractivity contribution in [2.24, 2.45) is 0 Å². The summed E-state index contributed by atoms with van der Waals surface area (Å²) in [5.74, 6) is -0.211. The van der Waals surface area contributed by atoms with Crippen LogP contribution in [-0.2, 0) is 9.53 Å². The number of benzene rings is 1. The Morgan fingerprint density at radius 2 is 2.10 bits per heavy atom. The highest BCUT2D eigenvalue weighted by Crippen LogP contribution is 2.29. The molecule has 0 spiro atoms. The Hall–Kier alpha value is -1.37. The fourth-order valence-electron chi connectivity index (χ4n) is 2.00. The molecule has 0 aromatic heterocycles. The number of nitrogens with one attached hydrogen (secondary N) is 2. The molecule has 1 saturated heterocycles. The maximum Gasteiger partial charge on any atom is 0.222 e. The lowest BCUT2D eigenvalue weighted by molar-refractivity contribution is -0.117. The first-order valence-electron chi connectivity index (χ1n) is 6.27. The summed E-state index contributed by atoms with van der Waals surface area (Å²) in [5, 5.41) is 6.41. The van der Waals surface area contributed by atoms with E-state index in [1.54, 1.807) is 6.07 Å². The monoisotopic (exact) mass is 313 g/mol. The molecule has 5 nitrogen and oxygen atoms in total. The first-order valence-corrected chi connectivity index (χ1v) is 7.05. The first kappa shape index (κ1) is 15.0. The molecule has 20 heavy (non-hydrogen) atoms. The second-order valence-electron chi connectivity index (χ2n) is 4.40. The Kier molecular flexibility index (Phi) is 5.17. The summed E-state index contributed by atoms with van der Waals surface area (Å²) in [6, 6.07) is 5.56. The van der Waals surface area contributed by atoms with Gasteiger partial charge in [0.15, 0.2) is 5.11 Å². The molecule has 0 bridgehead atoms. The number of ether oxygens (including phenoxy) is 1. The van der Waals surface area contributed by atoms with Crippen LogP contribution in [0.25, 0.3) is 0 Å². The number of hydrogen-bond donors (Lipinski definition) is 2. The molecule has 1 fully saturated rings. The van der Waals surface area contributed by atoms with Crippen LogP contribution in [0.3, 0.4) is 0 Å². The van der Waals surface area contributed by atoms with Crippen LogP contribution in [0.5, 0.6) is 0 Å². The van der Waals surface area contributed by atoms with Gasteiger partial charge in [0, 0.05) is 25.0 Å². The molecule has 108 valence electrons. The summed E-state index contributed by atoms with van der Waals surface area (Å²) in [6.45, 7) is 4.41. The normalized spacial score (nSPS) is 14.8. The molecule has 1 aliphatic heterocycles. The lowest BCUT2D eigenvalue weighted by Crippen LogP contribution is -2.37. The van der Waals surface area contributed by atoms with Gasteiger partial charge in [-0.3, -0.25) is 4.79 Å². The zero-order chi connectivity index (χ0) is 14.5. The number of carbonyl (C=O) groups is 1. The van der Waals surface area contributed by atoms with Gasteiger partial charge in [-0.2, -0.15) is 0 Å². The van der Waals surface area contributed by atoms with Crippen molar-refractivity contribution in [3.05, 3.63) is 23.2 Å². The quantitative estimate of drug-likeness (QED) is 0.818. The SMILES string of the molecule is CC(=O)NC(=S)Nc1cc(Cl)ccc1N1CCOCC1. The molecule has 0 aliphatic carbocycles. The van der Waals surface area contributed by atoms with Gasteiger partial charge in [0.25, 0.3) is 0 Å². The molecule has 1 aromatic rings. The summed E-state index contributed by atoms with van der Waals surface area (Å²) in [4.78, 5) is 13.2. The van der Waals surface area contributed by atoms with E-state index in [2.05, 4.69) is 15.5 Å². The van der Waals surface area contributed by atoms with Gasteiger partial charge < -0.3 is 20.3 Å². The Labute approximate surface area is 128 Å². The molecule has 1 amide bonds. The highest BCUT2D eigenvalue weighted by molar-refractivity contribution is 7.80. The van der Waals surface area contributed by atoms with Crippen molar-refractivity contribution in [1.29, 1.82) is 0 Å². The lowest BCUT2D eigenvalue weighted by atomic mass is 10.2. The predicted molar refractivity (Wildman–Crippen MR) is 84.5 cm³/mol. The maximum absolute atomic E-state index is 11.0. The number of nitrogens with zero attached hydrogens (tertiary/aromatic N) is 1. The summed E-state index contributed by atoms with van der Waals surface area (Å²) < 4.78 is 5.35. The van der Waals surface area contributed by atoms with Crippen LogP contribution in [0.15, 0.2) is 18.2 Å². The predicted octanol–water partition coefficient (Wildman–Crippen LogP) is 2.01. The standard InChI is InChI=1S/C13H16ClN3O2S/c1-9(18)15-13(20)16-11-8-10(14)2-3-12(11)17-4-6-19-7-5-17/h2-3,8H,4-7H2,1H3,(H2,15,16,18,20). The minimum atomic E-state index is -0.211. The van der Waals surface area contributed by atoms with Gasteiger partial charge in [-0.1, -0.05) is 11.6 Å². The van der Waals surface area contributed by atoms with Gasteiger partial charge in [0.2, 0.25) is 5.91 Å². The third kappa shape index (κ3) is 4.06. The molecule has 7 heteroatoms. The van der Waals surface area contributed by atoms with Crippen LogP contribution in [0.4, 0.5) is 11.4 Å². The maximum atomic E-state index is 11.0. The van der Waals surface area contributed by atoms with Gasteiger partial charge in [-0.15, -0.1) is 0 Å². The molecule has 0 radical (unpaired) electrons. The highest BCUT2D eigenvalue weighted by Gasteiger charge is 2.16. The molecule has 1 aromatic carbocycles. The third-order valence-corrected chi connectivity index (χ3v) is 3.29. The Morgan fingerprint density at radius 1 is 1.40 bits per heavy atom. The average molecular weight is 314 g/mol. The number of morpholine rings is 1. The zero-order valence-electron chi connectivity index (χ0n) is 11.1. The van der Waals surface area contributed by atoms with E-state index in [-0.39, 0.29) is 11.0 Å². The van der Waals surface area contributed by atoms with Gasteiger partial charge >= 0.3 is 0 Å². The number of anilines is 2. The van der Waals surface area contributed by atoms with Crippen molar-refractivity contribution < 1.29 is 9.53 Å². The molecule has 2 N–H and O–H groups in total. The fraction of sp³-hybridized carbons (Fsp3) is 0.385. The topological polar surface area (TPSA) is 53.6 Å². The summed E-state index contributed by atoms with van der Waals surface area (Å²) in [5.41, 5.74) is 1.77. The van der Waals surface area contributed by atoms with Crippen LogP contribution in [0.2, 0.25) is 5.02 Å². The largest absolute Gasteiger partial charge is 0.378 e. The van der Waals surface area contributed by atoms with Crippen LogP contribution >= 0.6 is 23.8 Å². The lowest BCUT2D eigenvalue weighted by Gasteiger charge is -2.30. The minimum absolute atomic E-state index is 0.211. The third-order valence-electron chi connectivity index (χ3n) is 2.85. The van der Waals surface area contributed by atoms with Crippen LogP contribution in [-0.4, -0.2) is 37.3 Å². The van der Waals surface area contributed by atoms with Crippen LogP contribution in [0, 0.1) is 0 Å². The van der Waals surface area contributed by atoms with E-state index in [1.807, 2.05) is 12.1 Å². The van der Waals surface area contributed by atoms with Crippen LogP contribution in [0.1, 0.15) is 6.92 Å². The van der Waals surface area contributed by atoms with Crippen molar-refractivity contribution in [2.45, 2.75) is 6.92 Å². The van der Waals surface area contributed by atoms with Gasteiger partial charge in [-0.05, 0) is 30.4 Å². The number of rotatable bonds is 2. The molecular weight excluding hydrogens is 298 g/mol. The van der Waals surface area contributed by atoms with E-state index in [0.29, 0.717) is 18.2 Å².